The summed E-state index contributed by atoms with van der Waals surface area (Å²) in [6.07, 6.45) is 3.22. The number of rotatable bonds is 8. The highest BCUT2D eigenvalue weighted by Crippen LogP contribution is 2.25. The molecule has 0 aromatic carbocycles. The van der Waals surface area contributed by atoms with Crippen LogP contribution in [-0.4, -0.2) is 44.0 Å². The van der Waals surface area contributed by atoms with E-state index in [0.29, 0.717) is 24.4 Å². The van der Waals surface area contributed by atoms with Gasteiger partial charge in [-0.25, -0.2) is 4.79 Å². The van der Waals surface area contributed by atoms with Gasteiger partial charge in [0.25, 0.3) is 0 Å². The zero-order chi connectivity index (χ0) is 16.6. The summed E-state index contributed by atoms with van der Waals surface area (Å²) in [5.41, 5.74) is -0.439. The van der Waals surface area contributed by atoms with E-state index in [4.69, 9.17) is 9.47 Å². The van der Waals surface area contributed by atoms with E-state index in [9.17, 15) is 4.79 Å². The van der Waals surface area contributed by atoms with Gasteiger partial charge in [0.2, 0.25) is 0 Å². The second kappa shape index (κ2) is 9.36. The highest BCUT2D eigenvalue weighted by atomic mass is 16.6. The lowest BCUT2D eigenvalue weighted by molar-refractivity contribution is 0.0516. The second-order valence-corrected chi connectivity index (χ2v) is 7.60. The van der Waals surface area contributed by atoms with Crippen molar-refractivity contribution in [2.45, 2.75) is 65.5 Å². The first-order valence-corrected chi connectivity index (χ1v) is 8.56. The molecule has 1 rings (SSSR count). The van der Waals surface area contributed by atoms with Gasteiger partial charge in [-0.15, -0.1) is 0 Å². The minimum absolute atomic E-state index is 0.321. The minimum Gasteiger partial charge on any atom is -0.444 e. The third-order valence-electron chi connectivity index (χ3n) is 3.67. The Bertz CT molecular complexity index is 326. The smallest absolute Gasteiger partial charge is 0.407 e. The van der Waals surface area contributed by atoms with E-state index >= 15 is 0 Å². The first-order valence-electron chi connectivity index (χ1n) is 8.56. The van der Waals surface area contributed by atoms with Crippen LogP contribution in [0.4, 0.5) is 4.79 Å². The average molecular weight is 314 g/mol. The van der Waals surface area contributed by atoms with Crippen LogP contribution in [-0.2, 0) is 9.47 Å². The summed E-state index contributed by atoms with van der Waals surface area (Å²) in [6.45, 7) is 13.1. The van der Waals surface area contributed by atoms with E-state index < -0.39 is 5.60 Å². The molecule has 0 heterocycles. The zero-order valence-electron chi connectivity index (χ0n) is 14.9. The summed E-state index contributed by atoms with van der Waals surface area (Å²) in [5.74, 6) is 1.06. The number of alkyl carbamates (subject to hydrolysis) is 1. The Morgan fingerprint density at radius 3 is 2.64 bits per heavy atom. The quantitative estimate of drug-likeness (QED) is 0.676. The third-order valence-corrected chi connectivity index (χ3v) is 3.67. The maximum Gasteiger partial charge on any atom is 0.407 e. The van der Waals surface area contributed by atoms with Crippen LogP contribution in [0.25, 0.3) is 0 Å². The molecule has 0 bridgehead atoms. The summed E-state index contributed by atoms with van der Waals surface area (Å²) < 4.78 is 10.9. The van der Waals surface area contributed by atoms with Gasteiger partial charge in [-0.2, -0.15) is 0 Å². The Morgan fingerprint density at radius 1 is 1.27 bits per heavy atom. The molecule has 5 nitrogen and oxygen atoms in total. The van der Waals surface area contributed by atoms with E-state index in [2.05, 4.69) is 24.5 Å². The fourth-order valence-electron chi connectivity index (χ4n) is 2.71. The molecule has 2 N–H and O–H groups in total. The van der Waals surface area contributed by atoms with Crippen molar-refractivity contribution in [3.63, 3.8) is 0 Å². The van der Waals surface area contributed by atoms with Crippen molar-refractivity contribution < 1.29 is 14.3 Å². The van der Waals surface area contributed by atoms with Gasteiger partial charge < -0.3 is 20.1 Å². The first-order chi connectivity index (χ1) is 10.3. The molecule has 0 aliphatic heterocycles. The number of carbonyl (C=O) groups is 1. The van der Waals surface area contributed by atoms with Gasteiger partial charge in [0.05, 0.1) is 6.61 Å². The number of amides is 1. The predicted molar refractivity (Wildman–Crippen MR) is 89.0 cm³/mol. The molecule has 0 saturated heterocycles. The van der Waals surface area contributed by atoms with Crippen LogP contribution in [0.5, 0.6) is 0 Å². The normalized spacial score (nSPS) is 22.1. The van der Waals surface area contributed by atoms with Gasteiger partial charge in [0, 0.05) is 25.7 Å². The van der Waals surface area contributed by atoms with Crippen molar-refractivity contribution in [1.29, 1.82) is 0 Å². The molecule has 1 fully saturated rings. The lowest BCUT2D eigenvalue weighted by atomic mass is 10.0. The lowest BCUT2D eigenvalue weighted by Gasteiger charge is -2.23. The predicted octanol–water partition coefficient (Wildman–Crippen LogP) is 2.94. The number of hydrogen-bond donors (Lipinski definition) is 2. The monoisotopic (exact) mass is 314 g/mol. The molecule has 0 spiro atoms. The van der Waals surface area contributed by atoms with Crippen molar-refractivity contribution >= 4 is 6.09 Å². The topological polar surface area (TPSA) is 59.6 Å². The van der Waals surface area contributed by atoms with Crippen LogP contribution < -0.4 is 10.6 Å². The average Bonchev–Trinajstić information content (AvgIpc) is 2.81. The molecule has 1 amide bonds. The largest absolute Gasteiger partial charge is 0.444 e. The number of nitrogens with one attached hydrogen (secondary N) is 2. The van der Waals surface area contributed by atoms with Crippen molar-refractivity contribution in [2.24, 2.45) is 11.8 Å². The van der Waals surface area contributed by atoms with Gasteiger partial charge >= 0.3 is 6.09 Å². The third kappa shape index (κ3) is 8.59. The molecule has 0 radical (unpaired) electrons. The molecule has 1 saturated carbocycles. The standard InChI is InChI=1S/C17H34N2O3/c1-13(2)12-21-10-9-18-15-8-6-7-14(15)11-19-16(20)22-17(3,4)5/h13-15,18H,6-12H2,1-5H3,(H,19,20). The van der Waals surface area contributed by atoms with Crippen LogP contribution >= 0.6 is 0 Å². The SMILES string of the molecule is CC(C)COCCNC1CCCC1CNC(=O)OC(C)(C)C. The van der Waals surface area contributed by atoms with Crippen molar-refractivity contribution in [3.8, 4) is 0 Å². The molecular weight excluding hydrogens is 280 g/mol. The van der Waals surface area contributed by atoms with E-state index in [1.165, 1.54) is 12.8 Å². The highest BCUT2D eigenvalue weighted by molar-refractivity contribution is 5.67. The van der Waals surface area contributed by atoms with Crippen molar-refractivity contribution in [2.75, 3.05) is 26.3 Å². The first kappa shape index (κ1) is 19.2. The summed E-state index contributed by atoms with van der Waals surface area (Å²) >= 11 is 0. The van der Waals surface area contributed by atoms with E-state index in [0.717, 1.165) is 26.2 Å². The Labute approximate surface area is 135 Å². The minimum atomic E-state index is -0.439. The summed E-state index contributed by atoms with van der Waals surface area (Å²) in [4.78, 5) is 11.7. The molecule has 1 aliphatic rings. The molecule has 0 aromatic heterocycles. The summed E-state index contributed by atoms with van der Waals surface area (Å²) in [6, 6.07) is 0.470. The number of hydrogen-bond acceptors (Lipinski definition) is 4. The fourth-order valence-corrected chi connectivity index (χ4v) is 2.71. The summed E-state index contributed by atoms with van der Waals surface area (Å²) in [5, 5.41) is 6.46. The highest BCUT2D eigenvalue weighted by Gasteiger charge is 2.27. The van der Waals surface area contributed by atoms with E-state index in [-0.39, 0.29) is 6.09 Å². The zero-order valence-corrected chi connectivity index (χ0v) is 14.9. The Morgan fingerprint density at radius 2 is 2.00 bits per heavy atom. The van der Waals surface area contributed by atoms with Gasteiger partial charge in [0.15, 0.2) is 0 Å². The van der Waals surface area contributed by atoms with Gasteiger partial charge in [-0.1, -0.05) is 20.3 Å². The van der Waals surface area contributed by atoms with E-state index in [1.54, 1.807) is 0 Å². The molecule has 2 atom stereocenters. The maximum absolute atomic E-state index is 11.7. The maximum atomic E-state index is 11.7. The van der Waals surface area contributed by atoms with Gasteiger partial charge in [0.1, 0.15) is 5.60 Å². The Kier molecular flexibility index (Phi) is 8.18. The number of carbonyl (C=O) groups excluding carboxylic acids is 1. The second-order valence-electron chi connectivity index (χ2n) is 7.60. The van der Waals surface area contributed by atoms with Crippen LogP contribution in [0.2, 0.25) is 0 Å². The molecule has 1 aliphatic carbocycles. The summed E-state index contributed by atoms with van der Waals surface area (Å²) in [7, 11) is 0. The van der Waals surface area contributed by atoms with Crippen LogP contribution in [0.1, 0.15) is 53.9 Å². The van der Waals surface area contributed by atoms with Crippen LogP contribution in [0, 0.1) is 11.8 Å². The molecule has 22 heavy (non-hydrogen) atoms. The Hall–Kier alpha value is -0.810. The number of ether oxygens (including phenoxy) is 2. The molecule has 130 valence electrons. The fraction of sp³-hybridized carbons (Fsp3) is 0.941. The lowest BCUT2D eigenvalue weighted by Crippen LogP contribution is -2.41. The van der Waals surface area contributed by atoms with Gasteiger partial charge in [-0.3, -0.25) is 0 Å². The van der Waals surface area contributed by atoms with Crippen LogP contribution in [0.15, 0.2) is 0 Å². The molecule has 5 heteroatoms. The molecule has 2 unspecified atom stereocenters. The van der Waals surface area contributed by atoms with E-state index in [1.807, 2.05) is 20.8 Å². The molecular formula is C17H34N2O3. The van der Waals surface area contributed by atoms with Crippen LogP contribution in [0.3, 0.4) is 0 Å². The van der Waals surface area contributed by atoms with Crippen molar-refractivity contribution in [3.05, 3.63) is 0 Å². The molecule has 0 aromatic rings. The van der Waals surface area contributed by atoms with Crippen molar-refractivity contribution in [1.82, 2.24) is 10.6 Å². The Balaban J connectivity index is 2.18. The van der Waals surface area contributed by atoms with Gasteiger partial charge in [-0.05, 0) is 45.4 Å².